The smallest absolute Gasteiger partial charge is 0.0376 e. The maximum atomic E-state index is 3.84. The predicted molar refractivity (Wildman–Crippen MR) is 77.7 cm³/mol. The fourth-order valence-corrected chi connectivity index (χ4v) is 2.10. The zero-order valence-electron chi connectivity index (χ0n) is 10.6. The summed E-state index contributed by atoms with van der Waals surface area (Å²) in [6, 6.07) is 4.29. The Labute approximate surface area is 105 Å². The highest BCUT2D eigenvalue weighted by Crippen LogP contribution is 2.26. The van der Waals surface area contributed by atoms with Crippen molar-refractivity contribution in [3.63, 3.8) is 0 Å². The summed E-state index contributed by atoms with van der Waals surface area (Å²) in [4.78, 5) is 0. The van der Waals surface area contributed by atoms with E-state index < -0.39 is 0 Å². The molecule has 1 N–H and O–H groups in total. The van der Waals surface area contributed by atoms with Crippen LogP contribution < -0.4 is 5.32 Å². The first-order chi connectivity index (χ1) is 8.28. The molecule has 1 aromatic rings. The molecule has 0 atom stereocenters. The van der Waals surface area contributed by atoms with Gasteiger partial charge in [-0.15, -0.1) is 19.7 Å². The van der Waals surface area contributed by atoms with Crippen molar-refractivity contribution >= 4 is 5.69 Å². The van der Waals surface area contributed by atoms with Gasteiger partial charge in [-0.2, -0.15) is 0 Å². The largest absolute Gasteiger partial charge is 0.388 e. The van der Waals surface area contributed by atoms with E-state index in [-0.39, 0.29) is 0 Å². The fourth-order valence-electron chi connectivity index (χ4n) is 2.10. The van der Waals surface area contributed by atoms with Crippen LogP contribution in [0.3, 0.4) is 0 Å². The average molecular weight is 227 g/mol. The summed E-state index contributed by atoms with van der Waals surface area (Å²) in [6.45, 7) is 11.5. The minimum absolute atomic E-state index is 0.879. The highest BCUT2D eigenvalue weighted by Gasteiger charge is 2.09. The Balaban J connectivity index is 3.33. The standard InChI is InChI=1S/C16H21N/c1-5-8-13-11-12-16(17-4)15(10-7-3)14(13)9-6-2/h5-7,11-12,17H,1-3,8-10H2,4H3. The molecule has 1 aromatic carbocycles. The highest BCUT2D eigenvalue weighted by molar-refractivity contribution is 5.58. The third kappa shape index (κ3) is 3.10. The molecule has 0 unspecified atom stereocenters. The van der Waals surface area contributed by atoms with E-state index in [2.05, 4.69) is 37.2 Å². The first-order valence-corrected chi connectivity index (χ1v) is 5.92. The Morgan fingerprint density at radius 2 is 1.53 bits per heavy atom. The van der Waals surface area contributed by atoms with Gasteiger partial charge in [-0.1, -0.05) is 24.3 Å². The van der Waals surface area contributed by atoms with Gasteiger partial charge in [0.05, 0.1) is 0 Å². The van der Waals surface area contributed by atoms with Gasteiger partial charge < -0.3 is 5.32 Å². The van der Waals surface area contributed by atoms with Crippen LogP contribution in [0.4, 0.5) is 5.69 Å². The molecule has 0 saturated heterocycles. The van der Waals surface area contributed by atoms with Gasteiger partial charge in [0.15, 0.2) is 0 Å². The molecule has 0 aliphatic heterocycles. The van der Waals surface area contributed by atoms with Crippen LogP contribution in [0.15, 0.2) is 50.1 Å². The van der Waals surface area contributed by atoms with Crippen LogP contribution in [0.5, 0.6) is 0 Å². The molecule has 17 heavy (non-hydrogen) atoms. The highest BCUT2D eigenvalue weighted by atomic mass is 14.8. The van der Waals surface area contributed by atoms with Crippen molar-refractivity contribution in [2.75, 3.05) is 12.4 Å². The molecule has 0 fully saturated rings. The molecule has 0 bridgehead atoms. The molecule has 1 heteroatoms. The molecule has 1 nitrogen and oxygen atoms in total. The van der Waals surface area contributed by atoms with Gasteiger partial charge in [0, 0.05) is 12.7 Å². The number of nitrogens with one attached hydrogen (secondary N) is 1. The molecular formula is C16H21N. The number of anilines is 1. The zero-order chi connectivity index (χ0) is 12.7. The van der Waals surface area contributed by atoms with Crippen molar-refractivity contribution < 1.29 is 0 Å². The van der Waals surface area contributed by atoms with Gasteiger partial charge in [-0.05, 0) is 42.0 Å². The second-order valence-electron chi connectivity index (χ2n) is 3.96. The molecule has 0 aliphatic rings. The molecule has 0 saturated carbocycles. The Morgan fingerprint density at radius 3 is 2.06 bits per heavy atom. The maximum absolute atomic E-state index is 3.84. The predicted octanol–water partition coefficient (Wildman–Crippen LogP) is 3.91. The summed E-state index contributed by atoms with van der Waals surface area (Å²) in [5, 5.41) is 3.24. The fraction of sp³-hybridized carbons (Fsp3) is 0.250. The average Bonchev–Trinajstić information content (AvgIpc) is 2.34. The van der Waals surface area contributed by atoms with Crippen LogP contribution in [0.1, 0.15) is 16.7 Å². The van der Waals surface area contributed by atoms with Gasteiger partial charge >= 0.3 is 0 Å². The number of rotatable bonds is 7. The Kier molecular flexibility index (Phi) is 5.28. The third-order valence-corrected chi connectivity index (χ3v) is 2.86. The van der Waals surface area contributed by atoms with Gasteiger partial charge in [0.1, 0.15) is 0 Å². The first-order valence-electron chi connectivity index (χ1n) is 5.92. The number of benzene rings is 1. The normalized spacial score (nSPS) is 9.71. The van der Waals surface area contributed by atoms with Crippen LogP contribution in [0.2, 0.25) is 0 Å². The molecular weight excluding hydrogens is 206 g/mol. The number of hydrogen-bond acceptors (Lipinski definition) is 1. The van der Waals surface area contributed by atoms with E-state index in [0.717, 1.165) is 19.3 Å². The molecule has 0 aliphatic carbocycles. The summed E-state index contributed by atoms with van der Waals surface area (Å²) < 4.78 is 0. The van der Waals surface area contributed by atoms with Crippen molar-refractivity contribution in [2.45, 2.75) is 19.3 Å². The van der Waals surface area contributed by atoms with E-state index in [1.54, 1.807) is 0 Å². The molecule has 90 valence electrons. The van der Waals surface area contributed by atoms with Crippen LogP contribution >= 0.6 is 0 Å². The second-order valence-corrected chi connectivity index (χ2v) is 3.96. The van der Waals surface area contributed by atoms with E-state index in [1.165, 1.54) is 22.4 Å². The van der Waals surface area contributed by atoms with Crippen LogP contribution in [0, 0.1) is 0 Å². The summed E-state index contributed by atoms with van der Waals surface area (Å²) in [5.41, 5.74) is 5.18. The van der Waals surface area contributed by atoms with E-state index in [4.69, 9.17) is 0 Å². The van der Waals surface area contributed by atoms with Crippen LogP contribution in [-0.2, 0) is 19.3 Å². The molecule has 0 heterocycles. The number of hydrogen-bond donors (Lipinski definition) is 1. The Hall–Kier alpha value is -1.76. The monoisotopic (exact) mass is 227 g/mol. The van der Waals surface area contributed by atoms with Crippen molar-refractivity contribution in [3.05, 3.63) is 66.8 Å². The topological polar surface area (TPSA) is 12.0 Å². The molecule has 0 aromatic heterocycles. The summed E-state index contributed by atoms with van der Waals surface area (Å²) >= 11 is 0. The molecule has 0 radical (unpaired) electrons. The van der Waals surface area contributed by atoms with Crippen molar-refractivity contribution in [1.82, 2.24) is 0 Å². The van der Waals surface area contributed by atoms with Gasteiger partial charge in [0.2, 0.25) is 0 Å². The summed E-state index contributed by atoms with van der Waals surface area (Å²) in [7, 11) is 1.95. The quantitative estimate of drug-likeness (QED) is 0.696. The van der Waals surface area contributed by atoms with Crippen LogP contribution in [0.25, 0.3) is 0 Å². The molecule has 0 spiro atoms. The van der Waals surface area contributed by atoms with Crippen molar-refractivity contribution in [3.8, 4) is 0 Å². The van der Waals surface area contributed by atoms with Gasteiger partial charge in [-0.3, -0.25) is 0 Å². The van der Waals surface area contributed by atoms with E-state index in [9.17, 15) is 0 Å². The second kappa shape index (κ2) is 6.74. The SMILES string of the molecule is C=CCc1ccc(NC)c(CC=C)c1CC=C. The first kappa shape index (κ1) is 13.3. The van der Waals surface area contributed by atoms with E-state index in [0.29, 0.717) is 0 Å². The van der Waals surface area contributed by atoms with Gasteiger partial charge in [0.25, 0.3) is 0 Å². The lowest BCUT2D eigenvalue weighted by Gasteiger charge is -2.16. The lowest BCUT2D eigenvalue weighted by molar-refractivity contribution is 1.09. The number of allylic oxidation sites excluding steroid dienone is 3. The van der Waals surface area contributed by atoms with E-state index >= 15 is 0 Å². The van der Waals surface area contributed by atoms with Crippen molar-refractivity contribution in [2.24, 2.45) is 0 Å². The van der Waals surface area contributed by atoms with E-state index in [1.807, 2.05) is 25.3 Å². The molecule has 0 amide bonds. The zero-order valence-corrected chi connectivity index (χ0v) is 10.6. The summed E-state index contributed by atoms with van der Waals surface area (Å²) in [6.07, 6.45) is 8.51. The Bertz CT molecular complexity index is 416. The lowest BCUT2D eigenvalue weighted by atomic mass is 9.93. The Morgan fingerprint density at radius 1 is 0.941 bits per heavy atom. The maximum Gasteiger partial charge on any atom is 0.0376 e. The minimum atomic E-state index is 0.879. The minimum Gasteiger partial charge on any atom is -0.388 e. The third-order valence-electron chi connectivity index (χ3n) is 2.86. The van der Waals surface area contributed by atoms with Crippen LogP contribution in [-0.4, -0.2) is 7.05 Å². The van der Waals surface area contributed by atoms with Crippen molar-refractivity contribution in [1.29, 1.82) is 0 Å². The summed E-state index contributed by atoms with van der Waals surface area (Å²) in [5.74, 6) is 0. The molecule has 1 rings (SSSR count). The van der Waals surface area contributed by atoms with Gasteiger partial charge in [-0.25, -0.2) is 0 Å². The lowest BCUT2D eigenvalue weighted by Crippen LogP contribution is -2.03.